The molecule has 3 atom stereocenters. The van der Waals surface area contributed by atoms with Crippen LogP contribution in [0.3, 0.4) is 0 Å². The highest BCUT2D eigenvalue weighted by Gasteiger charge is 2.29. The van der Waals surface area contributed by atoms with Crippen LogP contribution in [-0.4, -0.2) is 18.1 Å². The van der Waals surface area contributed by atoms with Crippen LogP contribution in [0.1, 0.15) is 34.3 Å². The number of rotatable bonds is 6. The SMILES string of the molecule is Cc1ccccc1C(NCC1CNNC1c1ccc(F)cc1)c1ccncc1. The van der Waals surface area contributed by atoms with E-state index in [1.165, 1.54) is 28.8 Å². The topological polar surface area (TPSA) is 49.0 Å². The molecule has 3 N–H and O–H groups in total. The molecule has 28 heavy (non-hydrogen) atoms. The lowest BCUT2D eigenvalue weighted by atomic mass is 9.92. The molecule has 0 aliphatic carbocycles. The molecule has 5 heteroatoms. The molecular weight excluding hydrogens is 351 g/mol. The standard InChI is InChI=1S/C23H25FN4/c1-16-4-2-3-5-21(16)23(18-10-12-25-13-11-18)26-14-19-15-27-28-22(19)17-6-8-20(24)9-7-17/h2-13,19,22-23,26-28H,14-15H2,1H3. The molecule has 144 valence electrons. The van der Waals surface area contributed by atoms with Gasteiger partial charge in [0.15, 0.2) is 0 Å². The Labute approximate surface area is 165 Å². The molecule has 3 unspecified atom stereocenters. The fourth-order valence-corrected chi connectivity index (χ4v) is 3.89. The first-order chi connectivity index (χ1) is 13.7. The van der Waals surface area contributed by atoms with Crippen LogP contribution in [0, 0.1) is 18.7 Å². The minimum atomic E-state index is -0.207. The Bertz CT molecular complexity index is 898. The van der Waals surface area contributed by atoms with Crippen LogP contribution in [0.2, 0.25) is 0 Å². The van der Waals surface area contributed by atoms with Gasteiger partial charge >= 0.3 is 0 Å². The average molecular weight is 376 g/mol. The number of aryl methyl sites for hydroxylation is 1. The number of benzene rings is 2. The Hall–Kier alpha value is -2.60. The van der Waals surface area contributed by atoms with E-state index in [1.807, 2.05) is 24.5 Å². The molecule has 2 aromatic carbocycles. The second kappa shape index (κ2) is 8.61. The smallest absolute Gasteiger partial charge is 0.123 e. The largest absolute Gasteiger partial charge is 0.306 e. The Morgan fingerprint density at radius 1 is 1.07 bits per heavy atom. The van der Waals surface area contributed by atoms with Crippen molar-refractivity contribution in [1.29, 1.82) is 0 Å². The predicted molar refractivity (Wildman–Crippen MR) is 109 cm³/mol. The monoisotopic (exact) mass is 376 g/mol. The fraction of sp³-hybridized carbons (Fsp3) is 0.261. The van der Waals surface area contributed by atoms with Crippen LogP contribution in [0.25, 0.3) is 0 Å². The van der Waals surface area contributed by atoms with E-state index < -0.39 is 0 Å². The Morgan fingerprint density at radius 3 is 2.57 bits per heavy atom. The summed E-state index contributed by atoms with van der Waals surface area (Å²) in [6.45, 7) is 3.82. The molecule has 0 spiro atoms. The predicted octanol–water partition coefficient (Wildman–Crippen LogP) is 3.67. The molecule has 4 nitrogen and oxygen atoms in total. The second-order valence-corrected chi connectivity index (χ2v) is 7.29. The van der Waals surface area contributed by atoms with Gasteiger partial charge in [-0.05, 0) is 53.4 Å². The third kappa shape index (κ3) is 4.12. The van der Waals surface area contributed by atoms with Crippen molar-refractivity contribution in [1.82, 2.24) is 21.2 Å². The van der Waals surface area contributed by atoms with Gasteiger partial charge in [-0.2, -0.15) is 0 Å². The molecule has 1 saturated heterocycles. The molecule has 0 saturated carbocycles. The summed E-state index contributed by atoms with van der Waals surface area (Å²) in [5.74, 6) is 0.139. The van der Waals surface area contributed by atoms with Crippen molar-refractivity contribution in [2.75, 3.05) is 13.1 Å². The number of halogens is 1. The number of nitrogens with zero attached hydrogens (tertiary/aromatic N) is 1. The van der Waals surface area contributed by atoms with Crippen molar-refractivity contribution in [3.8, 4) is 0 Å². The summed E-state index contributed by atoms with van der Waals surface area (Å²) in [5, 5.41) is 3.76. The quantitative estimate of drug-likeness (QED) is 0.614. The number of hydrogen-bond donors (Lipinski definition) is 3. The highest BCUT2D eigenvalue weighted by Crippen LogP contribution is 2.28. The van der Waals surface area contributed by atoms with Gasteiger partial charge in [-0.1, -0.05) is 36.4 Å². The van der Waals surface area contributed by atoms with Crippen LogP contribution in [0.4, 0.5) is 4.39 Å². The minimum absolute atomic E-state index is 0.0960. The summed E-state index contributed by atoms with van der Waals surface area (Å²) in [6, 6.07) is 19.6. The Morgan fingerprint density at radius 2 is 1.82 bits per heavy atom. The van der Waals surface area contributed by atoms with Gasteiger partial charge in [-0.25, -0.2) is 9.82 Å². The van der Waals surface area contributed by atoms with Gasteiger partial charge in [0.2, 0.25) is 0 Å². The third-order valence-corrected chi connectivity index (χ3v) is 5.45. The molecule has 1 aliphatic heterocycles. The lowest BCUT2D eigenvalue weighted by molar-refractivity contribution is 0.425. The van der Waals surface area contributed by atoms with Gasteiger partial charge in [-0.3, -0.25) is 10.4 Å². The van der Waals surface area contributed by atoms with Crippen molar-refractivity contribution < 1.29 is 4.39 Å². The molecule has 0 amide bonds. The van der Waals surface area contributed by atoms with Crippen LogP contribution >= 0.6 is 0 Å². The molecule has 3 aromatic rings. The molecular formula is C23H25FN4. The highest BCUT2D eigenvalue weighted by molar-refractivity contribution is 5.36. The summed E-state index contributed by atoms with van der Waals surface area (Å²) in [4.78, 5) is 4.16. The first-order valence-corrected chi connectivity index (χ1v) is 9.65. The maximum atomic E-state index is 13.3. The van der Waals surface area contributed by atoms with Crippen molar-refractivity contribution >= 4 is 0 Å². The summed E-state index contributed by atoms with van der Waals surface area (Å²) in [7, 11) is 0. The number of hydrazine groups is 1. The van der Waals surface area contributed by atoms with E-state index in [0.717, 1.165) is 18.7 Å². The maximum Gasteiger partial charge on any atom is 0.123 e. The molecule has 0 radical (unpaired) electrons. The first kappa shape index (κ1) is 18.7. The molecule has 1 aromatic heterocycles. The second-order valence-electron chi connectivity index (χ2n) is 7.29. The lowest BCUT2D eigenvalue weighted by Gasteiger charge is -2.25. The van der Waals surface area contributed by atoms with Gasteiger partial charge in [0.05, 0.1) is 12.1 Å². The van der Waals surface area contributed by atoms with Gasteiger partial charge in [0.1, 0.15) is 5.82 Å². The molecule has 1 fully saturated rings. The Balaban J connectivity index is 1.54. The molecule has 2 heterocycles. The van der Waals surface area contributed by atoms with Gasteiger partial charge in [0.25, 0.3) is 0 Å². The van der Waals surface area contributed by atoms with Gasteiger partial charge < -0.3 is 5.32 Å². The average Bonchev–Trinajstić information content (AvgIpc) is 3.19. The summed E-state index contributed by atoms with van der Waals surface area (Å²) in [5.41, 5.74) is 11.4. The zero-order valence-corrected chi connectivity index (χ0v) is 15.9. The van der Waals surface area contributed by atoms with Crippen molar-refractivity contribution in [2.24, 2.45) is 5.92 Å². The van der Waals surface area contributed by atoms with Crippen molar-refractivity contribution in [3.63, 3.8) is 0 Å². The van der Waals surface area contributed by atoms with Crippen molar-refractivity contribution in [3.05, 3.63) is 101 Å². The summed E-state index contributed by atoms with van der Waals surface area (Å²) < 4.78 is 13.3. The van der Waals surface area contributed by atoms with E-state index >= 15 is 0 Å². The lowest BCUT2D eigenvalue weighted by Crippen LogP contribution is -2.32. The van der Waals surface area contributed by atoms with Gasteiger partial charge in [-0.15, -0.1) is 0 Å². The fourth-order valence-electron chi connectivity index (χ4n) is 3.89. The third-order valence-electron chi connectivity index (χ3n) is 5.45. The van der Waals surface area contributed by atoms with E-state index in [1.54, 1.807) is 0 Å². The summed E-state index contributed by atoms with van der Waals surface area (Å²) >= 11 is 0. The zero-order chi connectivity index (χ0) is 19.3. The first-order valence-electron chi connectivity index (χ1n) is 9.65. The van der Waals surface area contributed by atoms with Crippen LogP contribution in [0.15, 0.2) is 73.1 Å². The normalized spacial score (nSPS) is 20.2. The highest BCUT2D eigenvalue weighted by atomic mass is 19.1. The number of pyridine rings is 1. The molecule has 1 aliphatic rings. The molecule has 4 rings (SSSR count). The summed E-state index contributed by atoms with van der Waals surface area (Å²) in [6.07, 6.45) is 3.67. The van der Waals surface area contributed by atoms with Crippen LogP contribution in [-0.2, 0) is 0 Å². The van der Waals surface area contributed by atoms with E-state index in [0.29, 0.717) is 5.92 Å². The van der Waals surface area contributed by atoms with E-state index in [-0.39, 0.29) is 17.9 Å². The van der Waals surface area contributed by atoms with E-state index in [2.05, 4.69) is 64.5 Å². The van der Waals surface area contributed by atoms with Gasteiger partial charge in [0, 0.05) is 31.4 Å². The number of aromatic nitrogens is 1. The van der Waals surface area contributed by atoms with Crippen molar-refractivity contribution in [2.45, 2.75) is 19.0 Å². The number of hydrogen-bond acceptors (Lipinski definition) is 4. The van der Waals surface area contributed by atoms with E-state index in [9.17, 15) is 4.39 Å². The maximum absolute atomic E-state index is 13.3. The number of nitrogens with one attached hydrogen (secondary N) is 3. The molecule has 0 bridgehead atoms. The Kier molecular flexibility index (Phi) is 5.76. The van der Waals surface area contributed by atoms with E-state index in [4.69, 9.17) is 0 Å². The van der Waals surface area contributed by atoms with Crippen LogP contribution < -0.4 is 16.2 Å². The zero-order valence-electron chi connectivity index (χ0n) is 15.9. The minimum Gasteiger partial charge on any atom is -0.306 e. The van der Waals surface area contributed by atoms with Crippen LogP contribution in [0.5, 0.6) is 0 Å².